The highest BCUT2D eigenvalue weighted by Crippen LogP contribution is 2.44. The highest BCUT2D eigenvalue weighted by Gasteiger charge is 2.61. The molecule has 0 spiro atoms. The van der Waals surface area contributed by atoms with Gasteiger partial charge in [-0.15, -0.1) is 6.58 Å². The zero-order valence-corrected chi connectivity index (χ0v) is 16.5. The van der Waals surface area contributed by atoms with Gasteiger partial charge in [-0.3, -0.25) is 14.5 Å². The van der Waals surface area contributed by atoms with Crippen LogP contribution >= 0.6 is 0 Å². The van der Waals surface area contributed by atoms with E-state index >= 15 is 0 Å². The number of ether oxygens (including phenoxy) is 2. The molecule has 0 aromatic heterocycles. The number of hydrogen-bond donors (Lipinski definition) is 0. The molecule has 1 atom stereocenters. The van der Waals surface area contributed by atoms with Crippen molar-refractivity contribution in [2.24, 2.45) is 0 Å². The fourth-order valence-electron chi connectivity index (χ4n) is 4.06. The van der Waals surface area contributed by atoms with E-state index in [9.17, 15) is 14.4 Å². The third kappa shape index (κ3) is 3.12. The number of carbonyl (C=O) groups is 3. The molecule has 0 N–H and O–H groups in total. The lowest BCUT2D eigenvalue weighted by atomic mass is 9.96. The highest BCUT2D eigenvalue weighted by molar-refractivity contribution is 6.15. The van der Waals surface area contributed by atoms with E-state index in [-0.39, 0.29) is 44.4 Å². The Balaban J connectivity index is 1.59. The standard InChI is InChI=1S/C23H22N2O5/c1-2-14-24-21(27)18-10-6-7-11-19(18)25-20(26)12-13-23(24,25)22(28)30-16-15-29-17-8-4-3-5-9-17/h2-11H,1,12-16H2/t23-/m0/s1. The van der Waals surface area contributed by atoms with Gasteiger partial charge < -0.3 is 14.4 Å². The van der Waals surface area contributed by atoms with Crippen molar-refractivity contribution in [1.29, 1.82) is 0 Å². The molecule has 0 bridgehead atoms. The van der Waals surface area contributed by atoms with Crippen LogP contribution in [0.15, 0.2) is 67.3 Å². The zero-order chi connectivity index (χ0) is 21.1. The molecule has 1 fully saturated rings. The van der Waals surface area contributed by atoms with Gasteiger partial charge in [0, 0.05) is 19.4 Å². The number of nitrogens with zero attached hydrogens (tertiary/aromatic N) is 2. The van der Waals surface area contributed by atoms with Crippen molar-refractivity contribution in [1.82, 2.24) is 4.90 Å². The summed E-state index contributed by atoms with van der Waals surface area (Å²) in [7, 11) is 0. The molecule has 2 heterocycles. The Morgan fingerprint density at radius 3 is 2.57 bits per heavy atom. The molecule has 7 nitrogen and oxygen atoms in total. The first-order valence-electron chi connectivity index (χ1n) is 9.79. The van der Waals surface area contributed by atoms with Gasteiger partial charge in [0.25, 0.3) is 5.91 Å². The molecular formula is C23H22N2O5. The van der Waals surface area contributed by atoms with Gasteiger partial charge in [0.15, 0.2) is 0 Å². The van der Waals surface area contributed by atoms with Gasteiger partial charge in [0.1, 0.15) is 19.0 Å². The molecule has 0 saturated carbocycles. The lowest BCUT2D eigenvalue weighted by molar-refractivity contribution is -0.157. The molecule has 0 unspecified atom stereocenters. The van der Waals surface area contributed by atoms with Crippen molar-refractivity contribution in [3.63, 3.8) is 0 Å². The Morgan fingerprint density at radius 2 is 1.80 bits per heavy atom. The lowest BCUT2D eigenvalue weighted by Crippen LogP contribution is -2.68. The number of rotatable bonds is 7. The van der Waals surface area contributed by atoms with E-state index in [0.29, 0.717) is 17.0 Å². The van der Waals surface area contributed by atoms with E-state index in [1.807, 2.05) is 18.2 Å². The van der Waals surface area contributed by atoms with Crippen molar-refractivity contribution < 1.29 is 23.9 Å². The summed E-state index contributed by atoms with van der Waals surface area (Å²) in [4.78, 5) is 42.1. The second-order valence-corrected chi connectivity index (χ2v) is 7.06. The molecule has 4 rings (SSSR count). The third-order valence-corrected chi connectivity index (χ3v) is 5.34. The third-order valence-electron chi connectivity index (χ3n) is 5.34. The van der Waals surface area contributed by atoms with Crippen LogP contribution < -0.4 is 9.64 Å². The van der Waals surface area contributed by atoms with Gasteiger partial charge in [-0.1, -0.05) is 36.4 Å². The average Bonchev–Trinajstić information content (AvgIpc) is 3.13. The fourth-order valence-corrected chi connectivity index (χ4v) is 4.06. The zero-order valence-electron chi connectivity index (χ0n) is 16.5. The minimum absolute atomic E-state index is 0.00469. The molecule has 154 valence electrons. The van der Waals surface area contributed by atoms with E-state index in [4.69, 9.17) is 9.47 Å². The molecule has 1 saturated heterocycles. The molecule has 30 heavy (non-hydrogen) atoms. The highest BCUT2D eigenvalue weighted by atomic mass is 16.6. The first-order chi connectivity index (χ1) is 14.6. The first kappa shape index (κ1) is 19.7. The van der Waals surface area contributed by atoms with Crippen LogP contribution in [0.3, 0.4) is 0 Å². The minimum Gasteiger partial charge on any atom is -0.490 e. The molecule has 2 aliphatic rings. The summed E-state index contributed by atoms with van der Waals surface area (Å²) in [5.41, 5.74) is -0.697. The molecule has 0 radical (unpaired) electrons. The summed E-state index contributed by atoms with van der Waals surface area (Å²) < 4.78 is 11.1. The summed E-state index contributed by atoms with van der Waals surface area (Å²) >= 11 is 0. The van der Waals surface area contributed by atoms with Crippen molar-refractivity contribution in [3.8, 4) is 5.75 Å². The maximum absolute atomic E-state index is 13.3. The molecule has 2 aromatic carbocycles. The van der Waals surface area contributed by atoms with Crippen LogP contribution in [-0.2, 0) is 14.3 Å². The Kier molecular flexibility index (Phi) is 5.27. The van der Waals surface area contributed by atoms with Gasteiger partial charge >= 0.3 is 5.97 Å². The van der Waals surface area contributed by atoms with Crippen molar-refractivity contribution in [2.45, 2.75) is 18.5 Å². The van der Waals surface area contributed by atoms with E-state index in [1.54, 1.807) is 42.5 Å². The van der Waals surface area contributed by atoms with E-state index in [2.05, 4.69) is 6.58 Å². The molecule has 2 aromatic rings. The second kappa shape index (κ2) is 8.02. The summed E-state index contributed by atoms with van der Waals surface area (Å²) in [5, 5.41) is 0. The normalized spacial score (nSPS) is 19.9. The van der Waals surface area contributed by atoms with Crippen LogP contribution in [0, 0.1) is 0 Å². The maximum Gasteiger partial charge on any atom is 0.353 e. The van der Waals surface area contributed by atoms with Gasteiger partial charge in [-0.25, -0.2) is 4.79 Å². The minimum atomic E-state index is -1.51. The van der Waals surface area contributed by atoms with Crippen molar-refractivity contribution in [2.75, 3.05) is 24.7 Å². The predicted octanol–water partition coefficient (Wildman–Crippen LogP) is 2.77. The van der Waals surface area contributed by atoms with E-state index in [1.165, 1.54) is 9.80 Å². The van der Waals surface area contributed by atoms with Crippen LogP contribution in [0.4, 0.5) is 5.69 Å². The lowest BCUT2D eigenvalue weighted by Gasteiger charge is -2.48. The Labute approximate surface area is 174 Å². The number of hydrogen-bond acceptors (Lipinski definition) is 5. The van der Waals surface area contributed by atoms with Crippen LogP contribution in [0.5, 0.6) is 5.75 Å². The number of fused-ring (bicyclic) bond motifs is 3. The van der Waals surface area contributed by atoms with Crippen LogP contribution in [-0.4, -0.2) is 48.1 Å². The summed E-state index contributed by atoms with van der Waals surface area (Å²) in [6.45, 7) is 3.98. The van der Waals surface area contributed by atoms with Gasteiger partial charge in [0.2, 0.25) is 11.6 Å². The smallest absolute Gasteiger partial charge is 0.353 e. The predicted molar refractivity (Wildman–Crippen MR) is 110 cm³/mol. The second-order valence-electron chi connectivity index (χ2n) is 7.06. The summed E-state index contributed by atoms with van der Waals surface area (Å²) in [6.07, 6.45) is 1.85. The number of para-hydroxylation sites is 2. The van der Waals surface area contributed by atoms with Crippen molar-refractivity contribution in [3.05, 3.63) is 72.8 Å². The number of carbonyl (C=O) groups excluding carboxylic acids is 3. The van der Waals surface area contributed by atoms with E-state index < -0.39 is 11.6 Å². The Bertz CT molecular complexity index is 990. The van der Waals surface area contributed by atoms with Crippen molar-refractivity contribution >= 4 is 23.5 Å². The van der Waals surface area contributed by atoms with Crippen LogP contribution in [0.2, 0.25) is 0 Å². The number of anilines is 1. The SMILES string of the molecule is C=CCN1C(=O)c2ccccc2N2C(=O)CC[C@]12C(=O)OCCOc1ccccc1. The van der Waals surface area contributed by atoms with Gasteiger partial charge in [0.05, 0.1) is 11.3 Å². The van der Waals surface area contributed by atoms with Gasteiger partial charge in [-0.2, -0.15) is 0 Å². The molecule has 7 heteroatoms. The maximum atomic E-state index is 13.3. The first-order valence-corrected chi connectivity index (χ1v) is 9.79. The largest absolute Gasteiger partial charge is 0.490 e. The number of benzene rings is 2. The molecular weight excluding hydrogens is 384 g/mol. The number of esters is 1. The Morgan fingerprint density at radius 1 is 1.07 bits per heavy atom. The summed E-state index contributed by atoms with van der Waals surface area (Å²) in [5.74, 6) is -0.524. The quantitative estimate of drug-likeness (QED) is 0.402. The summed E-state index contributed by atoms with van der Waals surface area (Å²) in [6, 6.07) is 16.0. The average molecular weight is 406 g/mol. The molecule has 2 aliphatic heterocycles. The monoisotopic (exact) mass is 406 g/mol. The Hall–Kier alpha value is -3.61. The topological polar surface area (TPSA) is 76.2 Å². The van der Waals surface area contributed by atoms with Crippen LogP contribution in [0.1, 0.15) is 23.2 Å². The fraction of sp³-hybridized carbons (Fsp3) is 0.261. The van der Waals surface area contributed by atoms with Gasteiger partial charge in [-0.05, 0) is 24.3 Å². The number of amides is 2. The molecule has 2 amide bonds. The molecule has 0 aliphatic carbocycles. The van der Waals surface area contributed by atoms with Crippen LogP contribution in [0.25, 0.3) is 0 Å². The van der Waals surface area contributed by atoms with E-state index in [0.717, 1.165) is 0 Å².